The Morgan fingerprint density at radius 3 is 1.27 bits per heavy atom. The van der Waals surface area contributed by atoms with E-state index in [9.17, 15) is 19.2 Å². The predicted molar refractivity (Wildman–Crippen MR) is 119 cm³/mol. The van der Waals surface area contributed by atoms with Gasteiger partial charge >= 0.3 is 0 Å². The van der Waals surface area contributed by atoms with Gasteiger partial charge in [0.05, 0.1) is 0 Å². The summed E-state index contributed by atoms with van der Waals surface area (Å²) in [5.74, 6) is -1.31. The van der Waals surface area contributed by atoms with Gasteiger partial charge in [-0.25, -0.2) is 0 Å². The fourth-order valence-electron chi connectivity index (χ4n) is 1.56. The quantitative estimate of drug-likeness (QED) is 0.476. The van der Waals surface area contributed by atoms with Crippen molar-refractivity contribution in [3.63, 3.8) is 0 Å². The highest BCUT2D eigenvalue weighted by atomic mass is 16.2. The third-order valence-corrected chi connectivity index (χ3v) is 3.17. The third kappa shape index (κ3) is 15.2. The zero-order valence-electron chi connectivity index (χ0n) is 17.5. The Balaban J connectivity index is 0. The van der Waals surface area contributed by atoms with Crippen molar-refractivity contribution in [3.8, 4) is 0 Å². The molecule has 0 bridgehead atoms. The van der Waals surface area contributed by atoms with Gasteiger partial charge in [-0.15, -0.1) is 0 Å². The van der Waals surface area contributed by atoms with E-state index in [4.69, 9.17) is 0 Å². The van der Waals surface area contributed by atoms with Gasteiger partial charge in [0.15, 0.2) is 0 Å². The van der Waals surface area contributed by atoms with E-state index in [1.165, 1.54) is 0 Å². The minimum Gasteiger partial charge on any atom is -0.366 e. The smallest absolute Gasteiger partial charge is 0.246 e. The van der Waals surface area contributed by atoms with Crippen molar-refractivity contribution < 1.29 is 19.2 Å². The Labute approximate surface area is 177 Å². The van der Waals surface area contributed by atoms with Crippen LogP contribution in [0, 0.1) is 0 Å². The molecule has 0 unspecified atom stereocenters. The lowest BCUT2D eigenvalue weighted by atomic mass is 10.1. The number of primary amides is 2. The van der Waals surface area contributed by atoms with Crippen molar-refractivity contribution in [2.45, 2.75) is 26.9 Å². The third-order valence-electron chi connectivity index (χ3n) is 3.17. The Morgan fingerprint density at radius 2 is 1.07 bits per heavy atom. The van der Waals surface area contributed by atoms with Crippen LogP contribution in [0.3, 0.4) is 0 Å². The maximum absolute atomic E-state index is 11.5. The van der Waals surface area contributed by atoms with Crippen LogP contribution < -0.4 is 22.1 Å². The first-order valence-corrected chi connectivity index (χ1v) is 8.74. The van der Waals surface area contributed by atoms with Crippen LogP contribution in [0.5, 0.6) is 0 Å². The van der Waals surface area contributed by atoms with Gasteiger partial charge in [-0.1, -0.05) is 50.6 Å². The average molecular weight is 415 g/mol. The molecule has 8 nitrogen and oxygen atoms in total. The van der Waals surface area contributed by atoms with Crippen molar-refractivity contribution in [1.29, 1.82) is 0 Å². The van der Waals surface area contributed by atoms with Crippen LogP contribution in [-0.2, 0) is 32.3 Å². The van der Waals surface area contributed by atoms with E-state index >= 15 is 0 Å². The Hall–Kier alpha value is -3.94. The molecule has 1 aromatic rings. The van der Waals surface area contributed by atoms with Crippen molar-refractivity contribution in [3.05, 3.63) is 85.0 Å². The highest BCUT2D eigenvalue weighted by Crippen LogP contribution is 2.09. The predicted octanol–water partition coefficient (Wildman–Crippen LogP) is 1.39. The summed E-state index contributed by atoms with van der Waals surface area (Å²) in [6.07, 6.45) is 2.11. The van der Waals surface area contributed by atoms with E-state index in [0.717, 1.165) is 23.3 Å². The number of amides is 4. The first-order valence-electron chi connectivity index (χ1n) is 8.74. The molecule has 8 heteroatoms. The molecule has 0 atom stereocenters. The Kier molecular flexibility index (Phi) is 15.1. The molecule has 0 spiro atoms. The molecular formula is C22H30N4O4. The number of nitrogens with one attached hydrogen (secondary N) is 2. The fourth-order valence-corrected chi connectivity index (χ4v) is 1.56. The molecule has 0 radical (unpaired) electrons. The molecule has 1 aromatic carbocycles. The van der Waals surface area contributed by atoms with Crippen LogP contribution in [0.25, 0.3) is 0 Å². The zero-order valence-corrected chi connectivity index (χ0v) is 17.5. The van der Waals surface area contributed by atoms with Crippen LogP contribution in [0.2, 0.25) is 0 Å². The molecule has 0 aliphatic heterocycles. The number of hydrogen-bond acceptors (Lipinski definition) is 4. The van der Waals surface area contributed by atoms with Crippen molar-refractivity contribution in [2.75, 3.05) is 0 Å². The second-order valence-corrected chi connectivity index (χ2v) is 5.91. The highest BCUT2D eigenvalue weighted by Gasteiger charge is 2.07. The lowest BCUT2D eigenvalue weighted by Gasteiger charge is -2.11. The summed E-state index contributed by atoms with van der Waals surface area (Å²) in [6, 6.07) is 7.63. The highest BCUT2D eigenvalue weighted by molar-refractivity contribution is 5.92. The molecule has 1 rings (SSSR count). The maximum Gasteiger partial charge on any atom is 0.246 e. The van der Waals surface area contributed by atoms with Crippen molar-refractivity contribution in [2.24, 2.45) is 11.5 Å². The molecule has 162 valence electrons. The van der Waals surface area contributed by atoms with Crippen LogP contribution in [-0.4, -0.2) is 23.6 Å². The number of carbonyl (C=O) groups is 4. The normalized spacial score (nSPS) is 8.60. The number of hydrogen-bond donors (Lipinski definition) is 4. The van der Waals surface area contributed by atoms with Crippen LogP contribution in [0.1, 0.15) is 25.0 Å². The number of rotatable bonds is 8. The van der Waals surface area contributed by atoms with Gasteiger partial charge in [0, 0.05) is 24.2 Å². The van der Waals surface area contributed by atoms with Gasteiger partial charge in [0.1, 0.15) is 0 Å². The van der Waals surface area contributed by atoms with Crippen LogP contribution in [0.4, 0.5) is 0 Å². The Bertz CT molecular complexity index is 746. The van der Waals surface area contributed by atoms with E-state index in [1.807, 2.05) is 24.3 Å². The zero-order chi connectivity index (χ0) is 23.7. The van der Waals surface area contributed by atoms with Gasteiger partial charge in [0.25, 0.3) is 0 Å². The van der Waals surface area contributed by atoms with Gasteiger partial charge < -0.3 is 22.1 Å². The van der Waals surface area contributed by atoms with E-state index in [0.29, 0.717) is 24.2 Å². The molecule has 0 fully saturated rings. The summed E-state index contributed by atoms with van der Waals surface area (Å²) < 4.78 is 0. The second-order valence-electron chi connectivity index (χ2n) is 5.91. The molecule has 0 saturated carbocycles. The van der Waals surface area contributed by atoms with E-state index in [2.05, 4.69) is 48.4 Å². The maximum atomic E-state index is 11.5. The summed E-state index contributed by atoms with van der Waals surface area (Å²) in [4.78, 5) is 41.9. The van der Waals surface area contributed by atoms with Gasteiger partial charge in [-0.2, -0.15) is 0 Å². The first-order chi connectivity index (χ1) is 14.0. The van der Waals surface area contributed by atoms with Crippen molar-refractivity contribution >= 4 is 23.6 Å². The van der Waals surface area contributed by atoms with Gasteiger partial charge in [-0.05, 0) is 37.1 Å². The lowest BCUT2D eigenvalue weighted by molar-refractivity contribution is -0.118. The Morgan fingerprint density at radius 1 is 0.800 bits per heavy atom. The summed E-state index contributed by atoms with van der Waals surface area (Å²) in [6.45, 7) is 17.5. The molecule has 0 aromatic heterocycles. The average Bonchev–Trinajstić information content (AvgIpc) is 2.71. The lowest BCUT2D eigenvalue weighted by Crippen LogP contribution is -2.26. The van der Waals surface area contributed by atoms with Crippen molar-refractivity contribution in [1.82, 2.24) is 10.6 Å². The van der Waals surface area contributed by atoms with Crippen LogP contribution >= 0.6 is 0 Å². The molecule has 0 aliphatic carbocycles. The minimum absolute atomic E-state index is 0.175. The summed E-state index contributed by atoms with van der Waals surface area (Å²) in [5.41, 5.74) is 11.9. The second kappa shape index (κ2) is 16.1. The SMILES string of the molecule is C=C(C)C(=O)NCc1ccccc1CNC(=O)C(=C)C.C=CC(N)=O.C=CC(N)=O. The molecule has 6 N–H and O–H groups in total. The summed E-state index contributed by atoms with van der Waals surface area (Å²) >= 11 is 0. The number of nitrogens with two attached hydrogens (primary N) is 2. The van der Waals surface area contributed by atoms with E-state index in [-0.39, 0.29) is 11.8 Å². The minimum atomic E-state index is -0.481. The summed E-state index contributed by atoms with van der Waals surface area (Å²) in [5, 5.41) is 5.56. The molecule has 0 aliphatic rings. The van der Waals surface area contributed by atoms with E-state index < -0.39 is 11.8 Å². The molecular weight excluding hydrogens is 384 g/mol. The standard InChI is InChI=1S/C16H20N2O2.2C3H5NO/c1-11(2)15(19)17-9-13-7-5-6-8-14(13)10-18-16(20)12(3)4;2*1-2-3(4)5/h5-8H,1,3,9-10H2,2,4H3,(H,17,19)(H,18,20);2*2H,1H2,(H2,4,5). The van der Waals surface area contributed by atoms with Crippen LogP contribution in [0.15, 0.2) is 73.9 Å². The first kappa shape index (κ1) is 28.3. The molecule has 30 heavy (non-hydrogen) atoms. The molecule has 4 amide bonds. The molecule has 0 heterocycles. The number of benzene rings is 1. The van der Waals surface area contributed by atoms with Gasteiger partial charge in [0.2, 0.25) is 23.6 Å². The fraction of sp³-hybridized carbons (Fsp3) is 0.182. The molecule has 0 saturated heterocycles. The monoisotopic (exact) mass is 414 g/mol. The number of carbonyl (C=O) groups excluding carboxylic acids is 4. The van der Waals surface area contributed by atoms with E-state index in [1.54, 1.807) is 13.8 Å². The van der Waals surface area contributed by atoms with Gasteiger partial charge in [-0.3, -0.25) is 19.2 Å². The topological polar surface area (TPSA) is 144 Å². The largest absolute Gasteiger partial charge is 0.366 e. The summed E-state index contributed by atoms with van der Waals surface area (Å²) in [7, 11) is 0.